The number of sulfonamides is 1. The number of hydrogen-bond acceptors (Lipinski definition) is 3. The van der Waals surface area contributed by atoms with Crippen LogP contribution in [0.3, 0.4) is 0 Å². The van der Waals surface area contributed by atoms with Crippen molar-refractivity contribution in [3.05, 3.63) is 40.8 Å². The van der Waals surface area contributed by atoms with E-state index in [1.807, 2.05) is 38.1 Å². The van der Waals surface area contributed by atoms with Gasteiger partial charge in [0.25, 0.3) is 10.0 Å². The molecule has 1 fully saturated rings. The number of carbonyl (C=O) groups excluding carboxylic acids is 1. The molecule has 0 spiro atoms. The molecule has 0 aromatic heterocycles. The zero-order valence-electron chi connectivity index (χ0n) is 13.9. The molecular formula is C17H24N2O3S. The van der Waals surface area contributed by atoms with Crippen molar-refractivity contribution >= 4 is 21.6 Å². The maximum Gasteiger partial charge on any atom is 0.331 e. The maximum absolute atomic E-state index is 12.2. The molecule has 1 saturated heterocycles. The number of nitrogens with zero attached hydrogens (tertiary/aromatic N) is 1. The lowest BCUT2D eigenvalue weighted by Crippen LogP contribution is -2.48. The smallest absolute Gasteiger partial charge is 0.321 e. The first kappa shape index (κ1) is 17.5. The molecule has 1 aromatic rings. The fourth-order valence-electron chi connectivity index (χ4n) is 2.80. The van der Waals surface area contributed by atoms with Crippen molar-refractivity contribution in [2.45, 2.75) is 46.1 Å². The van der Waals surface area contributed by atoms with Gasteiger partial charge in [0.2, 0.25) is 0 Å². The summed E-state index contributed by atoms with van der Waals surface area (Å²) in [5.74, 6) is 0. The number of likely N-dealkylation sites (tertiary alicyclic amines) is 1. The number of aryl methyl sites for hydroxylation is 1. The van der Waals surface area contributed by atoms with E-state index in [2.05, 4.69) is 4.72 Å². The van der Waals surface area contributed by atoms with Gasteiger partial charge in [0.05, 0.1) is 5.41 Å². The molecule has 1 atom stereocenters. The van der Waals surface area contributed by atoms with Gasteiger partial charge < -0.3 is 4.90 Å². The van der Waals surface area contributed by atoms with Crippen LogP contribution in [0.4, 0.5) is 4.79 Å². The van der Waals surface area contributed by atoms with Gasteiger partial charge in [-0.3, -0.25) is 0 Å². The van der Waals surface area contributed by atoms with Gasteiger partial charge in [0.1, 0.15) is 0 Å². The van der Waals surface area contributed by atoms with Crippen molar-refractivity contribution in [3.8, 4) is 0 Å². The maximum atomic E-state index is 12.2. The van der Waals surface area contributed by atoms with E-state index >= 15 is 0 Å². The molecular weight excluding hydrogens is 312 g/mol. The summed E-state index contributed by atoms with van der Waals surface area (Å²) in [5.41, 5.74) is 2.48. The molecule has 0 saturated carbocycles. The molecule has 126 valence electrons. The van der Waals surface area contributed by atoms with Crippen LogP contribution in [0.1, 0.15) is 44.2 Å². The molecule has 0 radical (unpaired) electrons. The number of carbonyl (C=O) groups is 1. The van der Waals surface area contributed by atoms with E-state index < -0.39 is 16.1 Å². The first-order valence-corrected chi connectivity index (χ1v) is 9.42. The molecule has 5 nitrogen and oxygen atoms in total. The van der Waals surface area contributed by atoms with Crippen LogP contribution in [-0.2, 0) is 10.0 Å². The Morgan fingerprint density at radius 2 is 2.09 bits per heavy atom. The van der Waals surface area contributed by atoms with E-state index in [-0.39, 0.29) is 6.04 Å². The largest absolute Gasteiger partial charge is 0.331 e. The zero-order valence-corrected chi connectivity index (χ0v) is 14.7. The van der Waals surface area contributed by atoms with Gasteiger partial charge in [-0.05, 0) is 51.2 Å². The van der Waals surface area contributed by atoms with E-state index in [1.165, 1.54) is 0 Å². The highest BCUT2D eigenvalue weighted by Gasteiger charge is 2.25. The normalized spacial score (nSPS) is 19.5. The van der Waals surface area contributed by atoms with E-state index in [9.17, 15) is 13.2 Å². The van der Waals surface area contributed by atoms with Crippen LogP contribution in [0.15, 0.2) is 29.7 Å². The molecule has 2 amide bonds. The summed E-state index contributed by atoms with van der Waals surface area (Å²) in [7, 11) is -3.82. The van der Waals surface area contributed by atoms with Crippen molar-refractivity contribution in [3.63, 3.8) is 0 Å². The summed E-state index contributed by atoms with van der Waals surface area (Å²) in [6.07, 6.45) is 2.89. The fourth-order valence-corrected chi connectivity index (χ4v) is 3.82. The molecule has 1 aliphatic heterocycles. The van der Waals surface area contributed by atoms with Crippen LogP contribution in [-0.4, -0.2) is 31.9 Å². The van der Waals surface area contributed by atoms with Gasteiger partial charge in [-0.1, -0.05) is 29.8 Å². The Kier molecular flexibility index (Phi) is 5.46. The second-order valence-electron chi connectivity index (χ2n) is 6.16. The van der Waals surface area contributed by atoms with Gasteiger partial charge in [0, 0.05) is 12.6 Å². The minimum Gasteiger partial charge on any atom is -0.321 e. The summed E-state index contributed by atoms with van der Waals surface area (Å²) in [4.78, 5) is 13.8. The Labute approximate surface area is 138 Å². The van der Waals surface area contributed by atoms with E-state index in [1.54, 1.807) is 11.8 Å². The lowest BCUT2D eigenvalue weighted by atomic mass is 10.0. The molecule has 1 heterocycles. The van der Waals surface area contributed by atoms with Crippen molar-refractivity contribution in [2.24, 2.45) is 0 Å². The van der Waals surface area contributed by atoms with Gasteiger partial charge >= 0.3 is 6.03 Å². The van der Waals surface area contributed by atoms with Gasteiger partial charge in [-0.15, -0.1) is 0 Å². The lowest BCUT2D eigenvalue weighted by molar-refractivity contribution is 0.163. The molecule has 6 heteroatoms. The summed E-state index contributed by atoms with van der Waals surface area (Å²) < 4.78 is 26.6. The molecule has 0 aliphatic carbocycles. The van der Waals surface area contributed by atoms with Crippen LogP contribution in [0.5, 0.6) is 0 Å². The van der Waals surface area contributed by atoms with Crippen molar-refractivity contribution in [2.75, 3.05) is 6.54 Å². The Morgan fingerprint density at radius 1 is 1.35 bits per heavy atom. The Bertz CT molecular complexity index is 710. The van der Waals surface area contributed by atoms with Crippen molar-refractivity contribution in [1.82, 2.24) is 9.62 Å². The van der Waals surface area contributed by atoms with E-state index in [4.69, 9.17) is 0 Å². The third-order valence-electron chi connectivity index (χ3n) is 4.10. The minimum atomic E-state index is -3.82. The average molecular weight is 336 g/mol. The predicted octanol–water partition coefficient (Wildman–Crippen LogP) is 3.27. The third-order valence-corrected chi connectivity index (χ3v) is 5.22. The van der Waals surface area contributed by atoms with Crippen LogP contribution in [0, 0.1) is 6.92 Å². The number of amides is 2. The van der Waals surface area contributed by atoms with Gasteiger partial charge in [-0.25, -0.2) is 17.9 Å². The van der Waals surface area contributed by atoms with Crippen LogP contribution in [0.25, 0.3) is 5.57 Å². The number of benzene rings is 1. The summed E-state index contributed by atoms with van der Waals surface area (Å²) in [6.45, 7) is 6.22. The van der Waals surface area contributed by atoms with Crippen LogP contribution >= 0.6 is 0 Å². The number of rotatable bonds is 3. The first-order valence-electron chi connectivity index (χ1n) is 7.87. The van der Waals surface area contributed by atoms with Gasteiger partial charge in [-0.2, -0.15) is 0 Å². The summed E-state index contributed by atoms with van der Waals surface area (Å²) >= 11 is 0. The second kappa shape index (κ2) is 7.17. The number of nitrogens with one attached hydrogen (secondary N) is 1. The number of piperidine rings is 1. The molecule has 23 heavy (non-hydrogen) atoms. The molecule has 0 bridgehead atoms. The van der Waals surface area contributed by atoms with Crippen molar-refractivity contribution < 1.29 is 13.2 Å². The molecule has 1 unspecified atom stereocenters. The van der Waals surface area contributed by atoms with Crippen LogP contribution in [0.2, 0.25) is 0 Å². The van der Waals surface area contributed by atoms with Gasteiger partial charge in [0.15, 0.2) is 0 Å². The standard InChI is InChI=1S/C17H24N2O3S/c1-13-7-6-9-16(11-13)14(2)12-23(21,22)18-17(20)19-10-5-4-8-15(19)3/h6-7,9,11-12,15H,4-5,8,10H2,1-3H3,(H,18,20). The Morgan fingerprint density at radius 3 is 2.74 bits per heavy atom. The molecule has 1 aliphatic rings. The highest BCUT2D eigenvalue weighted by atomic mass is 32.2. The number of hydrogen-bond donors (Lipinski definition) is 1. The average Bonchev–Trinajstić information content (AvgIpc) is 2.46. The lowest BCUT2D eigenvalue weighted by Gasteiger charge is -2.32. The minimum absolute atomic E-state index is 0.0702. The SMILES string of the molecule is CC(=CS(=O)(=O)NC(=O)N1CCCCC1C)c1cccc(C)c1. The highest BCUT2D eigenvalue weighted by molar-refractivity contribution is 7.93. The van der Waals surface area contributed by atoms with E-state index in [0.29, 0.717) is 12.1 Å². The highest BCUT2D eigenvalue weighted by Crippen LogP contribution is 2.18. The van der Waals surface area contributed by atoms with Crippen molar-refractivity contribution in [1.29, 1.82) is 0 Å². The number of allylic oxidation sites excluding steroid dienone is 1. The summed E-state index contributed by atoms with van der Waals surface area (Å²) in [6, 6.07) is 7.12. The Hall–Kier alpha value is -1.82. The molecule has 2 rings (SSSR count). The third kappa shape index (κ3) is 4.82. The number of urea groups is 1. The Balaban J connectivity index is 2.12. The fraction of sp³-hybridized carbons (Fsp3) is 0.471. The second-order valence-corrected chi connectivity index (χ2v) is 7.69. The van der Waals surface area contributed by atoms with E-state index in [0.717, 1.165) is 35.8 Å². The monoisotopic (exact) mass is 336 g/mol. The first-order chi connectivity index (χ1) is 10.8. The topological polar surface area (TPSA) is 66.5 Å². The predicted molar refractivity (Wildman–Crippen MR) is 92.3 cm³/mol. The molecule has 1 N–H and O–H groups in total. The van der Waals surface area contributed by atoms with Crippen LogP contribution < -0.4 is 4.72 Å². The summed E-state index contributed by atoms with van der Waals surface area (Å²) in [5, 5.41) is 1.12. The zero-order chi connectivity index (χ0) is 17.0. The quantitative estimate of drug-likeness (QED) is 0.921. The molecule has 1 aromatic carbocycles.